The molecule has 4 N–H and O–H groups in total. The van der Waals surface area contributed by atoms with Gasteiger partial charge in [0.25, 0.3) is 0 Å². The average Bonchev–Trinajstić information content (AvgIpc) is 2.01. The highest BCUT2D eigenvalue weighted by molar-refractivity contribution is 4.69. The van der Waals surface area contributed by atoms with Crippen molar-refractivity contribution in [3.63, 3.8) is 0 Å². The van der Waals surface area contributed by atoms with Crippen molar-refractivity contribution < 1.29 is 5.11 Å². The lowest BCUT2D eigenvalue weighted by Gasteiger charge is -2.19. The van der Waals surface area contributed by atoms with E-state index in [1.165, 1.54) is 0 Å². The summed E-state index contributed by atoms with van der Waals surface area (Å²) in [5, 5.41) is 12.1. The second-order valence-electron chi connectivity index (χ2n) is 2.93. The van der Waals surface area contributed by atoms with E-state index >= 15 is 0 Å². The van der Waals surface area contributed by atoms with Crippen molar-refractivity contribution in [3.8, 4) is 0 Å². The van der Waals surface area contributed by atoms with Crippen LogP contribution in [0.5, 0.6) is 0 Å². The Kier molecular flexibility index (Phi) is 6.51. The van der Waals surface area contributed by atoms with E-state index in [4.69, 9.17) is 10.8 Å². The Labute approximate surface area is 69.0 Å². The third-order valence-corrected chi connectivity index (χ3v) is 1.83. The predicted molar refractivity (Wildman–Crippen MR) is 47.4 cm³/mol. The van der Waals surface area contributed by atoms with Crippen molar-refractivity contribution in [3.05, 3.63) is 0 Å². The molecule has 3 nitrogen and oxygen atoms in total. The van der Waals surface area contributed by atoms with Crippen molar-refractivity contribution >= 4 is 0 Å². The van der Waals surface area contributed by atoms with Crippen molar-refractivity contribution in [1.82, 2.24) is 5.32 Å². The van der Waals surface area contributed by atoms with Crippen LogP contribution in [0.3, 0.4) is 0 Å². The van der Waals surface area contributed by atoms with Gasteiger partial charge >= 0.3 is 0 Å². The zero-order valence-corrected chi connectivity index (χ0v) is 7.51. The maximum Gasteiger partial charge on any atom is 0.0584 e. The number of hydrogen-bond acceptors (Lipinski definition) is 3. The van der Waals surface area contributed by atoms with Gasteiger partial charge in [0.15, 0.2) is 0 Å². The quantitative estimate of drug-likeness (QED) is 0.516. The molecule has 0 amide bonds. The Morgan fingerprint density at radius 3 is 2.55 bits per heavy atom. The van der Waals surface area contributed by atoms with E-state index in [0.29, 0.717) is 12.6 Å². The van der Waals surface area contributed by atoms with Gasteiger partial charge in [-0.3, -0.25) is 0 Å². The summed E-state index contributed by atoms with van der Waals surface area (Å²) in [5.74, 6) is 0. The van der Waals surface area contributed by atoms with Gasteiger partial charge in [-0.25, -0.2) is 0 Å². The van der Waals surface area contributed by atoms with Crippen LogP contribution < -0.4 is 11.1 Å². The minimum Gasteiger partial charge on any atom is -0.395 e. The van der Waals surface area contributed by atoms with Crippen LogP contribution >= 0.6 is 0 Å². The summed E-state index contributed by atoms with van der Waals surface area (Å²) in [6, 6.07) is 0.647. The molecule has 0 spiro atoms. The maximum absolute atomic E-state index is 8.85. The number of rotatable bonds is 6. The minimum atomic E-state index is 0.214. The first-order chi connectivity index (χ1) is 5.24. The van der Waals surface area contributed by atoms with Gasteiger partial charge in [-0.05, 0) is 26.3 Å². The lowest BCUT2D eigenvalue weighted by Crippen LogP contribution is -2.39. The van der Waals surface area contributed by atoms with Crippen molar-refractivity contribution in [2.24, 2.45) is 5.73 Å². The smallest absolute Gasteiger partial charge is 0.0584 e. The predicted octanol–water partition coefficient (Wildman–Crippen LogP) is 0.0842. The molecule has 2 atom stereocenters. The highest BCUT2D eigenvalue weighted by atomic mass is 16.3. The molecule has 0 rings (SSSR count). The van der Waals surface area contributed by atoms with E-state index < -0.39 is 0 Å². The second-order valence-corrected chi connectivity index (χ2v) is 2.93. The zero-order valence-electron chi connectivity index (χ0n) is 7.51. The molecule has 11 heavy (non-hydrogen) atoms. The molecule has 0 aliphatic rings. The van der Waals surface area contributed by atoms with Crippen molar-refractivity contribution in [1.29, 1.82) is 0 Å². The van der Waals surface area contributed by atoms with E-state index in [9.17, 15) is 0 Å². The number of nitrogens with two attached hydrogens (primary N) is 1. The molecule has 0 aromatic rings. The summed E-state index contributed by atoms with van der Waals surface area (Å²) in [5.41, 5.74) is 5.39. The van der Waals surface area contributed by atoms with Gasteiger partial charge in [-0.1, -0.05) is 6.92 Å². The molecule has 0 aliphatic carbocycles. The summed E-state index contributed by atoms with van der Waals surface area (Å²) < 4.78 is 0. The number of hydrogen-bond donors (Lipinski definition) is 3. The lowest BCUT2D eigenvalue weighted by atomic mass is 10.1. The lowest BCUT2D eigenvalue weighted by molar-refractivity contribution is 0.228. The molecule has 3 heteroatoms. The summed E-state index contributed by atoms with van der Waals surface area (Å²) >= 11 is 0. The highest BCUT2D eigenvalue weighted by Gasteiger charge is 2.07. The molecule has 0 saturated heterocycles. The van der Waals surface area contributed by atoms with Crippen molar-refractivity contribution in [2.45, 2.75) is 38.8 Å². The van der Waals surface area contributed by atoms with Crippen LogP contribution in [-0.4, -0.2) is 30.3 Å². The molecular weight excluding hydrogens is 140 g/mol. The van der Waals surface area contributed by atoms with Crippen LogP contribution in [0.25, 0.3) is 0 Å². The van der Waals surface area contributed by atoms with Gasteiger partial charge in [0.1, 0.15) is 0 Å². The van der Waals surface area contributed by atoms with Gasteiger partial charge in [0, 0.05) is 12.1 Å². The fourth-order valence-corrected chi connectivity index (χ4v) is 1.04. The third-order valence-electron chi connectivity index (χ3n) is 1.83. The molecule has 0 aromatic carbocycles. The van der Waals surface area contributed by atoms with Gasteiger partial charge in [-0.2, -0.15) is 0 Å². The Morgan fingerprint density at radius 1 is 1.55 bits per heavy atom. The highest BCUT2D eigenvalue weighted by Crippen LogP contribution is 1.94. The van der Waals surface area contributed by atoms with E-state index in [0.717, 1.165) is 12.8 Å². The van der Waals surface area contributed by atoms with E-state index in [-0.39, 0.29) is 12.6 Å². The van der Waals surface area contributed by atoms with Crippen LogP contribution in [0.1, 0.15) is 26.7 Å². The largest absolute Gasteiger partial charge is 0.395 e. The van der Waals surface area contributed by atoms with E-state index in [2.05, 4.69) is 19.2 Å². The molecular formula is C8H20N2O. The molecule has 0 fully saturated rings. The Hall–Kier alpha value is -0.120. The summed E-state index contributed by atoms with van der Waals surface area (Å²) in [6.07, 6.45) is 1.93. The molecule has 0 saturated carbocycles. The van der Waals surface area contributed by atoms with Crippen molar-refractivity contribution in [2.75, 3.05) is 13.2 Å². The van der Waals surface area contributed by atoms with Crippen LogP contribution in [0.15, 0.2) is 0 Å². The van der Waals surface area contributed by atoms with Crippen LogP contribution in [0.2, 0.25) is 0 Å². The normalized spacial score (nSPS) is 16.4. The minimum absolute atomic E-state index is 0.214. The van der Waals surface area contributed by atoms with Gasteiger partial charge in [0.05, 0.1) is 6.61 Å². The first-order valence-corrected chi connectivity index (χ1v) is 4.31. The monoisotopic (exact) mass is 160 g/mol. The third kappa shape index (κ3) is 5.18. The first-order valence-electron chi connectivity index (χ1n) is 4.31. The zero-order chi connectivity index (χ0) is 8.69. The van der Waals surface area contributed by atoms with E-state index in [1.54, 1.807) is 0 Å². The van der Waals surface area contributed by atoms with E-state index in [1.807, 2.05) is 0 Å². The molecule has 0 bridgehead atoms. The van der Waals surface area contributed by atoms with Crippen LogP contribution in [0, 0.1) is 0 Å². The van der Waals surface area contributed by atoms with Gasteiger partial charge < -0.3 is 16.2 Å². The Bertz CT molecular complexity index is 84.2. The fraction of sp³-hybridized carbons (Fsp3) is 1.00. The standard InChI is InChI=1S/C8H20N2O/c1-3-8(6-11)10-7(2)4-5-9/h7-8,10-11H,3-6,9H2,1-2H3. The molecule has 0 radical (unpaired) electrons. The molecule has 0 heterocycles. The number of aliphatic hydroxyl groups excluding tert-OH is 1. The molecule has 68 valence electrons. The SMILES string of the molecule is CCC(CO)NC(C)CCN. The fourth-order valence-electron chi connectivity index (χ4n) is 1.04. The average molecular weight is 160 g/mol. The topological polar surface area (TPSA) is 58.3 Å². The number of aliphatic hydroxyl groups is 1. The summed E-state index contributed by atoms with van der Waals surface area (Å²) in [4.78, 5) is 0. The second kappa shape index (κ2) is 6.58. The number of nitrogens with one attached hydrogen (secondary N) is 1. The molecule has 2 unspecified atom stereocenters. The van der Waals surface area contributed by atoms with Crippen LogP contribution in [-0.2, 0) is 0 Å². The summed E-state index contributed by atoms with van der Waals surface area (Å²) in [6.45, 7) is 5.07. The van der Waals surface area contributed by atoms with Crippen LogP contribution in [0.4, 0.5) is 0 Å². The van der Waals surface area contributed by atoms with Gasteiger partial charge in [-0.15, -0.1) is 0 Å². The summed E-state index contributed by atoms with van der Waals surface area (Å²) in [7, 11) is 0. The Balaban J connectivity index is 3.44. The van der Waals surface area contributed by atoms with Gasteiger partial charge in [0.2, 0.25) is 0 Å². The Morgan fingerprint density at radius 2 is 2.18 bits per heavy atom. The molecule has 0 aromatic heterocycles. The molecule has 0 aliphatic heterocycles. The first kappa shape index (κ1) is 10.9. The maximum atomic E-state index is 8.85.